The smallest absolute Gasteiger partial charge is 0.319 e. The first kappa shape index (κ1) is 16.2. The minimum atomic E-state index is -1.21. The summed E-state index contributed by atoms with van der Waals surface area (Å²) in [6, 6.07) is 9.51. The van der Waals surface area contributed by atoms with E-state index < -0.39 is 17.3 Å². The Morgan fingerprint density at radius 2 is 1.88 bits per heavy atom. The number of rotatable bonds is 5. The number of carboxylic acid groups (broad SMARTS) is 1. The van der Waals surface area contributed by atoms with Crippen molar-refractivity contribution in [3.8, 4) is 5.69 Å². The van der Waals surface area contributed by atoms with Crippen molar-refractivity contribution in [1.29, 1.82) is 0 Å². The summed E-state index contributed by atoms with van der Waals surface area (Å²) in [5, 5.41) is 16.4. The third kappa shape index (κ3) is 2.79. The molecule has 2 N–H and O–H groups in total. The van der Waals surface area contributed by atoms with Crippen LogP contribution in [0.2, 0.25) is 0 Å². The molecule has 3 rings (SSSR count). The van der Waals surface area contributed by atoms with Crippen molar-refractivity contribution in [3.63, 3.8) is 0 Å². The van der Waals surface area contributed by atoms with E-state index >= 15 is 0 Å². The number of aliphatic carboxylic acids is 1. The van der Waals surface area contributed by atoms with Gasteiger partial charge in [0.05, 0.1) is 17.4 Å². The Balaban J connectivity index is 1.72. The summed E-state index contributed by atoms with van der Waals surface area (Å²) < 4.78 is 1.87. The van der Waals surface area contributed by atoms with Crippen LogP contribution in [0, 0.1) is 19.3 Å². The van der Waals surface area contributed by atoms with Crippen LogP contribution in [0.5, 0.6) is 0 Å². The van der Waals surface area contributed by atoms with Gasteiger partial charge in [-0.05, 0) is 57.4 Å². The van der Waals surface area contributed by atoms with Gasteiger partial charge in [0, 0.05) is 5.69 Å². The normalized spacial score (nSPS) is 16.5. The molecule has 1 atom stereocenters. The number of hydrogen-bond donors (Lipinski definition) is 2. The highest BCUT2D eigenvalue weighted by Gasteiger charge is 2.57. The molecule has 1 aromatic carbocycles. The highest BCUT2D eigenvalue weighted by Crippen LogP contribution is 2.46. The first-order valence-corrected chi connectivity index (χ1v) is 8.01. The molecular formula is C18H21N3O3. The molecule has 1 aliphatic rings. The summed E-state index contributed by atoms with van der Waals surface area (Å²) in [6.07, 6.45) is 0.829. The van der Waals surface area contributed by atoms with Gasteiger partial charge < -0.3 is 10.4 Å². The number of carboxylic acids is 1. The largest absolute Gasteiger partial charge is 0.480 e. The van der Waals surface area contributed by atoms with Gasteiger partial charge in [-0.3, -0.25) is 9.59 Å². The van der Waals surface area contributed by atoms with Gasteiger partial charge in [0.2, 0.25) is 5.91 Å². The predicted molar refractivity (Wildman–Crippen MR) is 88.9 cm³/mol. The summed E-state index contributed by atoms with van der Waals surface area (Å²) in [4.78, 5) is 23.4. The zero-order chi connectivity index (χ0) is 17.5. The Labute approximate surface area is 140 Å². The first-order valence-electron chi connectivity index (χ1n) is 8.01. The number of hydrogen-bond acceptors (Lipinski definition) is 3. The average Bonchev–Trinajstić information content (AvgIpc) is 3.28. The minimum absolute atomic E-state index is 0.246. The maximum atomic E-state index is 12.2. The standard InChI is InChI=1S/C18H21N3O3/c1-11-10-12(2)21(20-11)15-6-4-14(5-7-15)13(3)19-16(22)18(8-9-18)17(23)24/h4-7,10,13H,8-9H2,1-3H3,(H,19,22)(H,23,24)/t13-/m1/s1. The number of amides is 1. The number of carbonyl (C=O) groups is 2. The van der Waals surface area contributed by atoms with Crippen molar-refractivity contribution >= 4 is 11.9 Å². The summed E-state index contributed by atoms with van der Waals surface area (Å²) >= 11 is 0. The van der Waals surface area contributed by atoms with Crippen LogP contribution < -0.4 is 5.32 Å². The zero-order valence-corrected chi connectivity index (χ0v) is 14.0. The SMILES string of the molecule is Cc1cc(C)n(-c2ccc([C@@H](C)NC(=O)C3(C(=O)O)CC3)cc2)n1. The van der Waals surface area contributed by atoms with E-state index in [4.69, 9.17) is 0 Å². The number of benzene rings is 1. The zero-order valence-electron chi connectivity index (χ0n) is 14.0. The molecule has 126 valence electrons. The van der Waals surface area contributed by atoms with Gasteiger partial charge in [-0.1, -0.05) is 12.1 Å². The molecular weight excluding hydrogens is 306 g/mol. The Morgan fingerprint density at radius 1 is 1.25 bits per heavy atom. The number of carbonyl (C=O) groups excluding carboxylic acids is 1. The van der Waals surface area contributed by atoms with E-state index in [1.807, 2.05) is 55.8 Å². The second-order valence-corrected chi connectivity index (χ2v) is 6.51. The van der Waals surface area contributed by atoms with Crippen LogP contribution in [0.3, 0.4) is 0 Å². The predicted octanol–water partition coefficient (Wildman–Crippen LogP) is 2.53. The molecule has 0 bridgehead atoms. The lowest BCUT2D eigenvalue weighted by Gasteiger charge is -2.18. The molecule has 0 radical (unpaired) electrons. The molecule has 6 heteroatoms. The van der Waals surface area contributed by atoms with Gasteiger partial charge in [0.1, 0.15) is 5.41 Å². The average molecular weight is 327 g/mol. The van der Waals surface area contributed by atoms with E-state index in [2.05, 4.69) is 10.4 Å². The third-order valence-corrected chi connectivity index (χ3v) is 4.59. The third-order valence-electron chi connectivity index (χ3n) is 4.59. The van der Waals surface area contributed by atoms with Crippen molar-refractivity contribution in [2.45, 2.75) is 39.7 Å². The molecule has 1 saturated carbocycles. The van der Waals surface area contributed by atoms with Crippen LogP contribution in [0.25, 0.3) is 5.69 Å². The fourth-order valence-corrected chi connectivity index (χ4v) is 2.88. The van der Waals surface area contributed by atoms with E-state index in [-0.39, 0.29) is 6.04 Å². The molecule has 0 aliphatic heterocycles. The Bertz CT molecular complexity index is 788. The van der Waals surface area contributed by atoms with Crippen LogP contribution in [0.15, 0.2) is 30.3 Å². The lowest BCUT2D eigenvalue weighted by molar-refractivity contribution is -0.149. The molecule has 2 aromatic rings. The van der Waals surface area contributed by atoms with Crippen LogP contribution in [-0.2, 0) is 9.59 Å². The van der Waals surface area contributed by atoms with E-state index in [0.717, 1.165) is 22.6 Å². The highest BCUT2D eigenvalue weighted by atomic mass is 16.4. The fraction of sp³-hybridized carbons (Fsp3) is 0.389. The van der Waals surface area contributed by atoms with Gasteiger partial charge in [-0.15, -0.1) is 0 Å². The number of nitrogens with one attached hydrogen (secondary N) is 1. The van der Waals surface area contributed by atoms with Crippen molar-refractivity contribution in [3.05, 3.63) is 47.3 Å². The molecule has 1 aromatic heterocycles. The second-order valence-electron chi connectivity index (χ2n) is 6.51. The molecule has 0 saturated heterocycles. The number of aryl methyl sites for hydroxylation is 2. The van der Waals surface area contributed by atoms with E-state index in [0.29, 0.717) is 12.8 Å². The minimum Gasteiger partial charge on any atom is -0.480 e. The molecule has 24 heavy (non-hydrogen) atoms. The number of aromatic nitrogens is 2. The molecule has 6 nitrogen and oxygen atoms in total. The van der Waals surface area contributed by atoms with Gasteiger partial charge in [0.25, 0.3) is 0 Å². The Morgan fingerprint density at radius 3 is 2.33 bits per heavy atom. The fourth-order valence-electron chi connectivity index (χ4n) is 2.88. The Hall–Kier alpha value is -2.63. The van der Waals surface area contributed by atoms with Gasteiger partial charge >= 0.3 is 5.97 Å². The van der Waals surface area contributed by atoms with E-state index in [1.54, 1.807) is 0 Å². The molecule has 1 fully saturated rings. The topological polar surface area (TPSA) is 84.2 Å². The van der Waals surface area contributed by atoms with E-state index in [1.165, 1.54) is 0 Å². The summed E-state index contributed by atoms with van der Waals surface area (Å²) in [5.41, 5.74) is 2.68. The van der Waals surface area contributed by atoms with Crippen molar-refractivity contribution in [1.82, 2.24) is 15.1 Å². The maximum Gasteiger partial charge on any atom is 0.319 e. The second kappa shape index (κ2) is 5.78. The summed E-state index contributed by atoms with van der Waals surface area (Å²) in [5.74, 6) is -1.43. The summed E-state index contributed by atoms with van der Waals surface area (Å²) in [6.45, 7) is 5.80. The summed E-state index contributed by atoms with van der Waals surface area (Å²) in [7, 11) is 0. The lowest BCUT2D eigenvalue weighted by atomic mass is 10.0. The molecule has 0 unspecified atom stereocenters. The molecule has 1 aliphatic carbocycles. The Kier molecular flexibility index (Phi) is 3.91. The van der Waals surface area contributed by atoms with Gasteiger partial charge in [0.15, 0.2) is 0 Å². The van der Waals surface area contributed by atoms with Crippen LogP contribution in [-0.4, -0.2) is 26.8 Å². The van der Waals surface area contributed by atoms with E-state index in [9.17, 15) is 14.7 Å². The monoisotopic (exact) mass is 327 g/mol. The molecule has 1 amide bonds. The molecule has 1 heterocycles. The van der Waals surface area contributed by atoms with Crippen LogP contribution in [0.4, 0.5) is 0 Å². The first-order chi connectivity index (χ1) is 11.3. The van der Waals surface area contributed by atoms with Crippen LogP contribution in [0.1, 0.15) is 42.8 Å². The van der Waals surface area contributed by atoms with Gasteiger partial charge in [-0.25, -0.2) is 4.68 Å². The maximum absolute atomic E-state index is 12.2. The van der Waals surface area contributed by atoms with Crippen molar-refractivity contribution < 1.29 is 14.7 Å². The van der Waals surface area contributed by atoms with Crippen molar-refractivity contribution in [2.24, 2.45) is 5.41 Å². The lowest BCUT2D eigenvalue weighted by Crippen LogP contribution is -2.38. The quantitative estimate of drug-likeness (QED) is 0.827. The highest BCUT2D eigenvalue weighted by molar-refractivity contribution is 6.04. The van der Waals surface area contributed by atoms with Gasteiger partial charge in [-0.2, -0.15) is 5.10 Å². The number of nitrogens with zero attached hydrogens (tertiary/aromatic N) is 2. The van der Waals surface area contributed by atoms with Crippen molar-refractivity contribution in [2.75, 3.05) is 0 Å². The van der Waals surface area contributed by atoms with Crippen LogP contribution >= 0.6 is 0 Å². The molecule has 0 spiro atoms.